The van der Waals surface area contributed by atoms with E-state index in [1.54, 1.807) is 17.3 Å². The maximum absolute atomic E-state index is 13.0. The summed E-state index contributed by atoms with van der Waals surface area (Å²) in [5, 5.41) is 9.91. The molecule has 0 aromatic carbocycles. The van der Waals surface area contributed by atoms with Gasteiger partial charge in [-0.1, -0.05) is 0 Å². The van der Waals surface area contributed by atoms with E-state index >= 15 is 0 Å². The highest BCUT2D eigenvalue weighted by molar-refractivity contribution is 5.94. The molecule has 2 saturated heterocycles. The first kappa shape index (κ1) is 18.9. The van der Waals surface area contributed by atoms with Crippen molar-refractivity contribution in [3.05, 3.63) is 54.5 Å². The maximum atomic E-state index is 13.0. The summed E-state index contributed by atoms with van der Waals surface area (Å²) in [6.07, 6.45) is 6.67. The Labute approximate surface area is 175 Å². The number of rotatable bonds is 3. The van der Waals surface area contributed by atoms with E-state index in [0.29, 0.717) is 18.7 Å². The van der Waals surface area contributed by atoms with E-state index in [1.165, 1.54) is 0 Å². The molecule has 1 amide bonds. The van der Waals surface area contributed by atoms with Crippen LogP contribution in [0.3, 0.4) is 0 Å². The number of hydrogen-bond donors (Lipinski definition) is 1. The highest BCUT2D eigenvalue weighted by atomic mass is 16.3. The second-order valence-corrected chi connectivity index (χ2v) is 7.97. The summed E-state index contributed by atoms with van der Waals surface area (Å²) < 4.78 is 2.10. The number of likely N-dealkylation sites (tertiary alicyclic amines) is 1. The van der Waals surface area contributed by atoms with Gasteiger partial charge in [0.15, 0.2) is 0 Å². The fraction of sp³-hybridized carbons (Fsp3) is 0.409. The summed E-state index contributed by atoms with van der Waals surface area (Å²) in [5.74, 6) is 1.85. The highest BCUT2D eigenvalue weighted by Crippen LogP contribution is 2.23. The minimum atomic E-state index is -0.418. The number of piperidine rings is 1. The average molecular weight is 406 g/mol. The molecule has 8 heteroatoms. The Morgan fingerprint density at radius 3 is 2.47 bits per heavy atom. The molecule has 0 aliphatic carbocycles. The van der Waals surface area contributed by atoms with Gasteiger partial charge < -0.3 is 24.2 Å². The Bertz CT molecular complexity index is 1030. The first-order valence-corrected chi connectivity index (χ1v) is 10.5. The number of nitrogens with zero attached hydrogens (tertiary/aromatic N) is 6. The zero-order valence-corrected chi connectivity index (χ0v) is 16.9. The molecular formula is C22H26N6O2. The lowest BCUT2D eigenvalue weighted by Gasteiger charge is -2.35. The third kappa shape index (κ3) is 3.59. The number of anilines is 2. The molecule has 5 heterocycles. The highest BCUT2D eigenvalue weighted by Gasteiger charge is 2.24. The summed E-state index contributed by atoms with van der Waals surface area (Å²) in [7, 11) is 0. The van der Waals surface area contributed by atoms with E-state index in [0.717, 1.165) is 56.3 Å². The maximum Gasteiger partial charge on any atom is 0.255 e. The molecule has 0 bridgehead atoms. The van der Waals surface area contributed by atoms with E-state index in [4.69, 9.17) is 0 Å². The first-order chi connectivity index (χ1) is 14.7. The number of amides is 1. The number of hydrogen-bond acceptors (Lipinski definition) is 6. The predicted molar refractivity (Wildman–Crippen MR) is 115 cm³/mol. The van der Waals surface area contributed by atoms with Crippen LogP contribution in [0.2, 0.25) is 0 Å². The summed E-state index contributed by atoms with van der Waals surface area (Å²) >= 11 is 0. The van der Waals surface area contributed by atoms with Crippen molar-refractivity contribution in [1.82, 2.24) is 19.3 Å². The zero-order valence-electron chi connectivity index (χ0n) is 16.9. The molecule has 2 aliphatic rings. The first-order valence-electron chi connectivity index (χ1n) is 10.5. The monoisotopic (exact) mass is 406 g/mol. The SMILES string of the molecule is O=C(c1ccc2ccc(N3CCN(c4ncccn4)CC3)n2c1)N1CCCC(O)C1. The standard InChI is InChI=1S/C22H26N6O2/c29-19-3-1-10-27(16-19)21(30)17-4-5-18-6-7-20(28(18)15-17)25-11-13-26(14-12-25)22-23-8-2-9-24-22/h2,4-9,15,19,29H,1,3,10-14,16H2. The van der Waals surface area contributed by atoms with Gasteiger partial charge in [-0.15, -0.1) is 0 Å². The molecule has 1 N–H and O–H groups in total. The molecule has 2 fully saturated rings. The second-order valence-electron chi connectivity index (χ2n) is 7.97. The molecule has 2 aliphatic heterocycles. The van der Waals surface area contributed by atoms with Crippen molar-refractivity contribution in [2.75, 3.05) is 49.1 Å². The van der Waals surface area contributed by atoms with Gasteiger partial charge in [-0.25, -0.2) is 9.97 Å². The molecule has 3 aromatic heterocycles. The van der Waals surface area contributed by atoms with Crippen molar-refractivity contribution in [3.8, 4) is 0 Å². The predicted octanol–water partition coefficient (Wildman–Crippen LogP) is 1.65. The molecular weight excluding hydrogens is 380 g/mol. The number of fused-ring (bicyclic) bond motifs is 1. The Kier molecular flexibility index (Phi) is 5.00. The molecule has 0 saturated carbocycles. The summed E-state index contributed by atoms with van der Waals surface area (Å²) in [6.45, 7) is 4.54. The van der Waals surface area contributed by atoms with Crippen LogP contribution in [0.15, 0.2) is 48.9 Å². The Morgan fingerprint density at radius 1 is 0.967 bits per heavy atom. The van der Waals surface area contributed by atoms with E-state index in [9.17, 15) is 9.90 Å². The van der Waals surface area contributed by atoms with E-state index in [1.807, 2.05) is 24.4 Å². The van der Waals surface area contributed by atoms with Crippen molar-refractivity contribution in [3.63, 3.8) is 0 Å². The minimum Gasteiger partial charge on any atom is -0.391 e. The van der Waals surface area contributed by atoms with Gasteiger partial charge in [0.2, 0.25) is 5.95 Å². The van der Waals surface area contributed by atoms with E-state index < -0.39 is 6.10 Å². The number of aromatic nitrogens is 3. The normalized spacial score (nSPS) is 20.0. The Morgan fingerprint density at radius 2 is 1.70 bits per heavy atom. The van der Waals surface area contributed by atoms with E-state index in [2.05, 4.69) is 36.3 Å². The Hall–Kier alpha value is -3.13. The summed E-state index contributed by atoms with van der Waals surface area (Å²) in [4.78, 5) is 28.0. The number of aliphatic hydroxyl groups is 1. The van der Waals surface area contributed by atoms with Gasteiger partial charge in [-0.05, 0) is 43.2 Å². The van der Waals surface area contributed by atoms with Crippen molar-refractivity contribution in [1.29, 1.82) is 0 Å². The second kappa shape index (κ2) is 7.95. The average Bonchev–Trinajstić information content (AvgIpc) is 3.22. The van der Waals surface area contributed by atoms with Gasteiger partial charge in [0.25, 0.3) is 5.91 Å². The van der Waals surface area contributed by atoms with Crippen LogP contribution in [0.25, 0.3) is 5.52 Å². The molecule has 8 nitrogen and oxygen atoms in total. The van der Waals surface area contributed by atoms with Crippen LogP contribution in [0.4, 0.5) is 11.8 Å². The van der Waals surface area contributed by atoms with Crippen molar-refractivity contribution in [2.45, 2.75) is 18.9 Å². The largest absolute Gasteiger partial charge is 0.391 e. The van der Waals surface area contributed by atoms with Crippen LogP contribution in [0.5, 0.6) is 0 Å². The molecule has 30 heavy (non-hydrogen) atoms. The summed E-state index contributed by atoms with van der Waals surface area (Å²) in [6, 6.07) is 9.90. The summed E-state index contributed by atoms with van der Waals surface area (Å²) in [5.41, 5.74) is 1.72. The van der Waals surface area contributed by atoms with Gasteiger partial charge in [0, 0.05) is 63.4 Å². The topological polar surface area (TPSA) is 77.2 Å². The number of carbonyl (C=O) groups excluding carboxylic acids is 1. The van der Waals surface area contributed by atoms with E-state index in [-0.39, 0.29) is 5.91 Å². The van der Waals surface area contributed by atoms with Crippen LogP contribution < -0.4 is 9.80 Å². The number of piperazine rings is 1. The molecule has 0 radical (unpaired) electrons. The fourth-order valence-electron chi connectivity index (χ4n) is 4.38. The lowest BCUT2D eigenvalue weighted by molar-refractivity contribution is 0.0473. The van der Waals surface area contributed by atoms with Crippen LogP contribution in [0, 0.1) is 0 Å². The number of aliphatic hydroxyl groups excluding tert-OH is 1. The lowest BCUT2D eigenvalue weighted by Crippen LogP contribution is -2.47. The lowest BCUT2D eigenvalue weighted by atomic mass is 10.1. The van der Waals surface area contributed by atoms with Gasteiger partial charge in [0.1, 0.15) is 5.82 Å². The van der Waals surface area contributed by atoms with Gasteiger partial charge in [-0.3, -0.25) is 4.79 Å². The molecule has 3 aromatic rings. The third-order valence-corrected chi connectivity index (χ3v) is 6.00. The van der Waals surface area contributed by atoms with Crippen molar-refractivity contribution >= 4 is 23.2 Å². The van der Waals surface area contributed by atoms with Crippen LogP contribution in [-0.2, 0) is 0 Å². The van der Waals surface area contributed by atoms with Gasteiger partial charge >= 0.3 is 0 Å². The van der Waals surface area contributed by atoms with Crippen LogP contribution in [0.1, 0.15) is 23.2 Å². The molecule has 0 spiro atoms. The van der Waals surface area contributed by atoms with Gasteiger partial charge in [0.05, 0.1) is 11.7 Å². The third-order valence-electron chi connectivity index (χ3n) is 6.00. The van der Waals surface area contributed by atoms with Crippen molar-refractivity contribution < 1.29 is 9.90 Å². The molecule has 156 valence electrons. The molecule has 1 atom stereocenters. The van der Waals surface area contributed by atoms with Crippen LogP contribution >= 0.6 is 0 Å². The molecule has 1 unspecified atom stereocenters. The minimum absolute atomic E-state index is 0.0126. The number of pyridine rings is 1. The Balaban J connectivity index is 1.34. The zero-order chi connectivity index (χ0) is 20.5. The quantitative estimate of drug-likeness (QED) is 0.713. The van der Waals surface area contributed by atoms with Crippen LogP contribution in [-0.4, -0.2) is 75.7 Å². The number of β-amino-alcohol motifs (C(OH)–C–C–N with tert-alkyl or cyclic N) is 1. The van der Waals surface area contributed by atoms with Gasteiger partial charge in [-0.2, -0.15) is 0 Å². The molecule has 5 rings (SSSR count). The smallest absolute Gasteiger partial charge is 0.255 e. The fourth-order valence-corrected chi connectivity index (χ4v) is 4.38. The number of carbonyl (C=O) groups is 1. The van der Waals surface area contributed by atoms with Crippen molar-refractivity contribution in [2.24, 2.45) is 0 Å².